The Morgan fingerprint density at radius 1 is 1.21 bits per heavy atom. The number of nitrogen functional groups attached to an aromatic ring is 1. The number of rotatable bonds is 5. The predicted octanol–water partition coefficient (Wildman–Crippen LogP) is 3.32. The van der Waals surface area contributed by atoms with Crippen molar-refractivity contribution < 1.29 is 4.79 Å². The molecule has 0 fully saturated rings. The zero-order valence-corrected chi connectivity index (χ0v) is 17.0. The molecule has 142 valence electrons. The number of thiophene rings is 1. The molecule has 28 heavy (non-hydrogen) atoms. The van der Waals surface area contributed by atoms with Gasteiger partial charge in [-0.2, -0.15) is 0 Å². The number of para-hydroxylation sites is 1. The van der Waals surface area contributed by atoms with Crippen molar-refractivity contribution >= 4 is 44.9 Å². The molecule has 1 aromatic carbocycles. The fourth-order valence-electron chi connectivity index (χ4n) is 3.09. The lowest BCUT2D eigenvalue weighted by Gasteiger charge is -2.09. The van der Waals surface area contributed by atoms with E-state index in [1.807, 2.05) is 54.8 Å². The number of benzene rings is 1. The molecule has 0 saturated heterocycles. The fraction of sp³-hybridized carbons (Fsp3) is 0.158. The van der Waals surface area contributed by atoms with Crippen molar-refractivity contribution in [3.8, 4) is 16.4 Å². The molecule has 0 spiro atoms. The first-order valence-electron chi connectivity index (χ1n) is 8.54. The van der Waals surface area contributed by atoms with Crippen molar-refractivity contribution in [1.29, 1.82) is 0 Å². The van der Waals surface area contributed by atoms with Gasteiger partial charge in [0.25, 0.3) is 0 Å². The maximum Gasteiger partial charge on any atom is 0.227 e. The van der Waals surface area contributed by atoms with Gasteiger partial charge >= 0.3 is 0 Å². The Balaban J connectivity index is 1.93. The van der Waals surface area contributed by atoms with Gasteiger partial charge in [0.05, 0.1) is 16.3 Å². The van der Waals surface area contributed by atoms with E-state index in [1.165, 1.54) is 23.1 Å². The molecular weight excluding hydrogens is 392 g/mol. The molecule has 4 N–H and O–H groups in total. The van der Waals surface area contributed by atoms with Gasteiger partial charge in [-0.25, -0.2) is 4.98 Å². The van der Waals surface area contributed by atoms with Crippen molar-refractivity contribution in [3.63, 3.8) is 0 Å². The minimum Gasteiger partial charge on any atom is -0.397 e. The average molecular weight is 411 g/mol. The van der Waals surface area contributed by atoms with E-state index in [2.05, 4.69) is 15.2 Å². The zero-order valence-electron chi connectivity index (χ0n) is 15.3. The highest BCUT2D eigenvalue weighted by Gasteiger charge is 2.22. The molecule has 7 nitrogen and oxygen atoms in total. The third-order valence-electron chi connectivity index (χ3n) is 4.22. The number of aryl methyl sites for hydroxylation is 2. The lowest BCUT2D eigenvalue weighted by Crippen LogP contribution is -2.13. The van der Waals surface area contributed by atoms with Crippen LogP contribution in [0.15, 0.2) is 41.6 Å². The van der Waals surface area contributed by atoms with Crippen LogP contribution in [0.3, 0.4) is 0 Å². The first-order valence-corrected chi connectivity index (χ1v) is 10.3. The molecule has 0 aliphatic rings. The fourth-order valence-corrected chi connectivity index (χ4v) is 4.97. The minimum absolute atomic E-state index is 0.118. The second kappa shape index (κ2) is 7.25. The summed E-state index contributed by atoms with van der Waals surface area (Å²) in [5, 5.41) is 10.2. The molecule has 0 unspecified atom stereocenters. The third kappa shape index (κ3) is 3.23. The van der Waals surface area contributed by atoms with Gasteiger partial charge in [-0.15, -0.1) is 21.5 Å². The summed E-state index contributed by atoms with van der Waals surface area (Å²) in [5.74, 6) is 0.328. The quantitative estimate of drug-likeness (QED) is 0.488. The number of hydrogen-bond acceptors (Lipinski definition) is 7. The van der Waals surface area contributed by atoms with Crippen LogP contribution in [-0.2, 0) is 4.79 Å². The van der Waals surface area contributed by atoms with E-state index in [4.69, 9.17) is 11.5 Å². The Labute approximate surface area is 169 Å². The van der Waals surface area contributed by atoms with E-state index in [9.17, 15) is 4.79 Å². The van der Waals surface area contributed by atoms with Crippen LogP contribution < -0.4 is 11.5 Å². The maximum atomic E-state index is 11.3. The zero-order chi connectivity index (χ0) is 19.8. The third-order valence-corrected chi connectivity index (χ3v) is 6.27. The summed E-state index contributed by atoms with van der Waals surface area (Å²) < 4.78 is 1.90. The molecule has 9 heteroatoms. The molecule has 4 rings (SSSR count). The van der Waals surface area contributed by atoms with Gasteiger partial charge in [0.1, 0.15) is 4.83 Å². The topological polar surface area (TPSA) is 113 Å². The minimum atomic E-state index is -0.411. The molecular formula is C19H18N6OS2. The summed E-state index contributed by atoms with van der Waals surface area (Å²) in [6.07, 6.45) is 0. The largest absolute Gasteiger partial charge is 0.397 e. The molecule has 0 aliphatic carbocycles. The van der Waals surface area contributed by atoms with E-state index in [1.54, 1.807) is 0 Å². The van der Waals surface area contributed by atoms with Gasteiger partial charge in [0.2, 0.25) is 5.91 Å². The Morgan fingerprint density at radius 2 is 1.96 bits per heavy atom. The first-order chi connectivity index (χ1) is 13.5. The molecule has 3 heterocycles. The van der Waals surface area contributed by atoms with Crippen molar-refractivity contribution in [2.24, 2.45) is 5.73 Å². The molecule has 0 saturated carbocycles. The average Bonchev–Trinajstić information content (AvgIpc) is 3.21. The van der Waals surface area contributed by atoms with Crippen LogP contribution in [0.1, 0.15) is 11.3 Å². The number of carbonyl (C=O) groups excluding carboxylic acids is 1. The highest BCUT2D eigenvalue weighted by Crippen LogP contribution is 2.42. The summed E-state index contributed by atoms with van der Waals surface area (Å²) >= 11 is 2.74. The normalized spacial score (nSPS) is 11.2. The van der Waals surface area contributed by atoms with E-state index >= 15 is 0 Å². The van der Waals surface area contributed by atoms with Gasteiger partial charge in [0, 0.05) is 16.8 Å². The number of primary amides is 1. The van der Waals surface area contributed by atoms with Crippen LogP contribution in [0.4, 0.5) is 5.69 Å². The number of fused-ring (bicyclic) bond motifs is 1. The van der Waals surface area contributed by atoms with Gasteiger partial charge in [0.15, 0.2) is 11.0 Å². The highest BCUT2D eigenvalue weighted by molar-refractivity contribution is 7.99. The van der Waals surface area contributed by atoms with E-state index in [-0.39, 0.29) is 5.75 Å². The van der Waals surface area contributed by atoms with Gasteiger partial charge < -0.3 is 11.5 Å². The van der Waals surface area contributed by atoms with E-state index < -0.39 is 5.91 Å². The first kappa shape index (κ1) is 18.5. The summed E-state index contributed by atoms with van der Waals surface area (Å²) in [6.45, 7) is 3.99. The number of anilines is 1. The predicted molar refractivity (Wildman–Crippen MR) is 114 cm³/mol. The van der Waals surface area contributed by atoms with Gasteiger partial charge in [-0.05, 0) is 37.6 Å². The molecule has 0 aliphatic heterocycles. The maximum absolute atomic E-state index is 11.3. The summed E-state index contributed by atoms with van der Waals surface area (Å²) in [7, 11) is 0. The second-order valence-electron chi connectivity index (χ2n) is 6.34. The van der Waals surface area contributed by atoms with Crippen LogP contribution in [0, 0.1) is 13.8 Å². The van der Waals surface area contributed by atoms with Crippen molar-refractivity contribution in [1.82, 2.24) is 19.7 Å². The number of hydrogen-bond donors (Lipinski definition) is 2. The molecule has 3 aromatic heterocycles. The van der Waals surface area contributed by atoms with Crippen LogP contribution in [0.25, 0.3) is 26.6 Å². The summed E-state index contributed by atoms with van der Waals surface area (Å²) in [5.41, 5.74) is 15.4. The molecule has 0 radical (unpaired) electrons. The lowest BCUT2D eigenvalue weighted by molar-refractivity contribution is -0.115. The smallest absolute Gasteiger partial charge is 0.227 e. The number of thioether (sulfide) groups is 1. The molecule has 4 aromatic rings. The number of amides is 1. The second-order valence-corrected chi connectivity index (χ2v) is 8.28. The van der Waals surface area contributed by atoms with Gasteiger partial charge in [-0.3, -0.25) is 9.36 Å². The van der Waals surface area contributed by atoms with Crippen LogP contribution >= 0.6 is 23.1 Å². The molecule has 0 bridgehead atoms. The van der Waals surface area contributed by atoms with Crippen molar-refractivity contribution in [3.05, 3.63) is 47.7 Å². The van der Waals surface area contributed by atoms with E-state index in [0.29, 0.717) is 16.7 Å². The number of nitrogens with two attached hydrogens (primary N) is 2. The number of pyridine rings is 1. The SMILES string of the molecule is Cc1cc(C)c2c(N)c(-c3nnc(SCC(N)=O)n3-c3ccccc3)sc2n1. The number of aromatic nitrogens is 4. The van der Waals surface area contributed by atoms with Crippen molar-refractivity contribution in [2.45, 2.75) is 19.0 Å². The summed E-state index contributed by atoms with van der Waals surface area (Å²) in [6, 6.07) is 11.7. The monoisotopic (exact) mass is 410 g/mol. The van der Waals surface area contributed by atoms with Crippen LogP contribution in [0.5, 0.6) is 0 Å². The van der Waals surface area contributed by atoms with Gasteiger partial charge in [-0.1, -0.05) is 30.0 Å². The Kier molecular flexibility index (Phi) is 4.78. The molecule has 0 atom stereocenters. The van der Waals surface area contributed by atoms with Crippen molar-refractivity contribution in [2.75, 3.05) is 11.5 Å². The lowest BCUT2D eigenvalue weighted by atomic mass is 10.1. The Morgan fingerprint density at radius 3 is 2.68 bits per heavy atom. The molecule has 1 amide bonds. The van der Waals surface area contributed by atoms with Crippen LogP contribution in [-0.4, -0.2) is 31.4 Å². The van der Waals surface area contributed by atoms with Crippen LogP contribution in [0.2, 0.25) is 0 Å². The van der Waals surface area contributed by atoms with E-state index in [0.717, 1.165) is 32.0 Å². The standard InChI is InChI=1S/C19H18N6OS2/c1-10-8-11(2)22-18-14(10)15(21)16(28-18)17-23-24-19(27-9-13(20)26)25(17)12-6-4-3-5-7-12/h3-8H,9,21H2,1-2H3,(H2,20,26). The Hall–Kier alpha value is -2.91. The number of carbonyl (C=O) groups is 1. The highest BCUT2D eigenvalue weighted by atomic mass is 32.2. The Bertz CT molecular complexity index is 1180. The summed E-state index contributed by atoms with van der Waals surface area (Å²) in [4.78, 5) is 17.6. The number of nitrogens with zero attached hydrogens (tertiary/aromatic N) is 4.